The minimum atomic E-state index is -4.52. The van der Waals surface area contributed by atoms with Gasteiger partial charge in [-0.05, 0) is 44.5 Å². The van der Waals surface area contributed by atoms with E-state index in [2.05, 4.69) is 10.3 Å². The Morgan fingerprint density at radius 3 is 2.59 bits per heavy atom. The van der Waals surface area contributed by atoms with E-state index >= 15 is 0 Å². The highest BCUT2D eigenvalue weighted by Crippen LogP contribution is 2.31. The number of ether oxygens (including phenoxy) is 1. The average Bonchev–Trinajstić information content (AvgIpc) is 2.77. The van der Waals surface area contributed by atoms with Crippen molar-refractivity contribution in [1.82, 2.24) is 10.3 Å². The fourth-order valence-corrected chi connectivity index (χ4v) is 1.79. The molecule has 120 valence electrons. The quantitative estimate of drug-likeness (QED) is 0.872. The van der Waals surface area contributed by atoms with Gasteiger partial charge in [0.05, 0.1) is 2.74 Å². The standard InChI is InChI=1S/C15H17F3N2O2/c1-14(2,3)22-13(21)19-8-9-4-5-11-10(6-9)7-12(20-11)15(16,17)18/h4-7,20H,8H2,1-3H3,(H,19,21)/i8D2. The third-order valence-corrected chi connectivity index (χ3v) is 2.63. The fraction of sp³-hybridized carbons (Fsp3) is 0.400. The van der Waals surface area contributed by atoms with E-state index in [1.807, 2.05) is 0 Å². The van der Waals surface area contributed by atoms with Gasteiger partial charge in [0.1, 0.15) is 11.3 Å². The van der Waals surface area contributed by atoms with Crippen LogP contribution in [0.4, 0.5) is 18.0 Å². The summed E-state index contributed by atoms with van der Waals surface area (Å²) in [5.74, 6) is 0. The summed E-state index contributed by atoms with van der Waals surface area (Å²) in [6.07, 6.45) is -5.48. The zero-order valence-electron chi connectivity index (χ0n) is 14.3. The zero-order chi connectivity index (χ0) is 18.3. The SMILES string of the molecule is [2H]C([2H])(NC(=O)OC(C)(C)C)c1ccc2[nH]c(C(F)(F)F)cc2c1. The van der Waals surface area contributed by atoms with Crippen molar-refractivity contribution < 1.29 is 25.4 Å². The van der Waals surface area contributed by atoms with Crippen molar-refractivity contribution in [3.8, 4) is 0 Å². The van der Waals surface area contributed by atoms with Crippen LogP contribution in [0.15, 0.2) is 24.3 Å². The number of carbonyl (C=O) groups is 1. The molecule has 1 heterocycles. The number of benzene rings is 1. The fourth-order valence-electron chi connectivity index (χ4n) is 1.79. The number of aromatic amines is 1. The van der Waals surface area contributed by atoms with Crippen LogP contribution in [0.3, 0.4) is 0 Å². The average molecular weight is 316 g/mol. The third-order valence-electron chi connectivity index (χ3n) is 2.63. The molecular weight excluding hydrogens is 297 g/mol. The molecule has 7 heteroatoms. The summed E-state index contributed by atoms with van der Waals surface area (Å²) in [4.78, 5) is 13.9. The van der Waals surface area contributed by atoms with E-state index < -0.39 is 30.1 Å². The highest BCUT2D eigenvalue weighted by atomic mass is 19.4. The van der Waals surface area contributed by atoms with Gasteiger partial charge in [-0.25, -0.2) is 4.79 Å². The summed E-state index contributed by atoms with van der Waals surface area (Å²) in [5, 5.41) is 2.26. The van der Waals surface area contributed by atoms with Crippen molar-refractivity contribution in [3.63, 3.8) is 0 Å². The summed E-state index contributed by atoms with van der Waals surface area (Å²) in [6, 6.07) is 4.77. The Kier molecular flexibility index (Phi) is 3.40. The molecule has 0 atom stereocenters. The number of rotatable bonds is 2. The number of alkyl halides is 3. The van der Waals surface area contributed by atoms with Gasteiger partial charge in [0, 0.05) is 17.4 Å². The molecule has 0 bridgehead atoms. The van der Waals surface area contributed by atoms with Crippen LogP contribution >= 0.6 is 0 Å². The Labute approximate surface area is 128 Å². The van der Waals surface area contributed by atoms with Gasteiger partial charge in [0.15, 0.2) is 0 Å². The number of fused-ring (bicyclic) bond motifs is 1. The number of H-pyrrole nitrogens is 1. The van der Waals surface area contributed by atoms with Crippen molar-refractivity contribution in [1.29, 1.82) is 0 Å². The second-order valence-corrected chi connectivity index (χ2v) is 5.73. The molecule has 0 radical (unpaired) electrons. The first-order chi connectivity index (χ1) is 10.8. The van der Waals surface area contributed by atoms with E-state index in [9.17, 15) is 18.0 Å². The number of aromatic nitrogens is 1. The smallest absolute Gasteiger partial charge is 0.431 e. The predicted octanol–water partition coefficient (Wildman–Crippen LogP) is 4.21. The molecule has 0 saturated carbocycles. The Bertz CT molecular complexity index is 764. The number of hydrogen-bond donors (Lipinski definition) is 2. The van der Waals surface area contributed by atoms with Crippen LogP contribution in [0, 0.1) is 0 Å². The van der Waals surface area contributed by atoms with Crippen molar-refractivity contribution >= 4 is 17.0 Å². The lowest BCUT2D eigenvalue weighted by Gasteiger charge is -2.19. The topological polar surface area (TPSA) is 54.1 Å². The maximum atomic E-state index is 12.7. The number of nitrogens with one attached hydrogen (secondary N) is 2. The Morgan fingerprint density at radius 1 is 1.32 bits per heavy atom. The molecule has 2 N–H and O–H groups in total. The van der Waals surface area contributed by atoms with Gasteiger partial charge >= 0.3 is 12.3 Å². The normalized spacial score (nSPS) is 14.5. The van der Waals surface area contributed by atoms with Gasteiger partial charge in [0.25, 0.3) is 0 Å². The molecule has 1 aromatic carbocycles. The predicted molar refractivity (Wildman–Crippen MR) is 76.4 cm³/mol. The minimum absolute atomic E-state index is 0.00795. The molecular formula is C15H17F3N2O2. The zero-order valence-corrected chi connectivity index (χ0v) is 12.3. The van der Waals surface area contributed by atoms with Gasteiger partial charge in [-0.1, -0.05) is 6.07 Å². The molecule has 2 rings (SSSR count). The van der Waals surface area contributed by atoms with E-state index in [4.69, 9.17) is 7.48 Å². The molecule has 0 unspecified atom stereocenters. The lowest BCUT2D eigenvalue weighted by Crippen LogP contribution is -2.32. The van der Waals surface area contributed by atoms with E-state index in [1.165, 1.54) is 18.2 Å². The monoisotopic (exact) mass is 316 g/mol. The van der Waals surface area contributed by atoms with Crippen LogP contribution in [0.5, 0.6) is 0 Å². The second-order valence-electron chi connectivity index (χ2n) is 5.73. The van der Waals surface area contributed by atoms with Crippen molar-refractivity contribution in [2.75, 3.05) is 0 Å². The number of carbonyl (C=O) groups excluding carboxylic acids is 1. The Balaban J connectivity index is 2.28. The lowest BCUT2D eigenvalue weighted by atomic mass is 10.1. The summed E-state index contributed by atoms with van der Waals surface area (Å²) in [7, 11) is 0. The van der Waals surface area contributed by atoms with Crippen molar-refractivity contribution in [2.45, 2.75) is 39.0 Å². The van der Waals surface area contributed by atoms with Gasteiger partial charge < -0.3 is 15.0 Å². The molecule has 0 aliphatic heterocycles. The molecule has 2 aromatic rings. The molecule has 1 aromatic heterocycles. The second kappa shape index (κ2) is 5.55. The molecule has 1 amide bonds. The van der Waals surface area contributed by atoms with Crippen LogP contribution in [0.2, 0.25) is 0 Å². The van der Waals surface area contributed by atoms with Crippen LogP contribution in [-0.4, -0.2) is 16.7 Å². The number of halogens is 3. The highest BCUT2D eigenvalue weighted by Gasteiger charge is 2.32. The van der Waals surface area contributed by atoms with E-state index in [0.717, 1.165) is 6.07 Å². The Morgan fingerprint density at radius 2 is 2.00 bits per heavy atom. The molecule has 0 aliphatic rings. The van der Waals surface area contributed by atoms with Crippen LogP contribution in [0.1, 0.15) is 34.8 Å². The molecule has 0 aliphatic carbocycles. The van der Waals surface area contributed by atoms with Gasteiger partial charge in [-0.2, -0.15) is 13.2 Å². The number of amides is 1. The first kappa shape index (κ1) is 13.5. The molecule has 4 nitrogen and oxygen atoms in total. The van der Waals surface area contributed by atoms with Gasteiger partial charge in [0.2, 0.25) is 0 Å². The van der Waals surface area contributed by atoms with Crippen molar-refractivity contribution in [3.05, 3.63) is 35.5 Å². The molecule has 0 spiro atoms. The summed E-state index contributed by atoms with van der Waals surface area (Å²) in [5.41, 5.74) is -1.49. The first-order valence-corrected chi connectivity index (χ1v) is 6.49. The molecule has 0 saturated heterocycles. The maximum absolute atomic E-state index is 12.7. The van der Waals surface area contributed by atoms with Crippen LogP contribution in [-0.2, 0) is 17.4 Å². The number of alkyl carbamates (subject to hydrolysis) is 1. The summed E-state index contributed by atoms with van der Waals surface area (Å²) in [6.45, 7) is 2.60. The Hall–Kier alpha value is -2.18. The summed E-state index contributed by atoms with van der Waals surface area (Å²) >= 11 is 0. The van der Waals surface area contributed by atoms with E-state index in [-0.39, 0.29) is 16.5 Å². The third kappa shape index (κ3) is 4.16. The van der Waals surface area contributed by atoms with Gasteiger partial charge in [-0.3, -0.25) is 0 Å². The van der Waals surface area contributed by atoms with Crippen LogP contribution in [0.25, 0.3) is 10.9 Å². The summed E-state index contributed by atoms with van der Waals surface area (Å²) < 4.78 is 59.0. The first-order valence-electron chi connectivity index (χ1n) is 7.49. The highest BCUT2D eigenvalue weighted by molar-refractivity contribution is 5.81. The van der Waals surface area contributed by atoms with Crippen molar-refractivity contribution in [2.24, 2.45) is 0 Å². The molecule has 22 heavy (non-hydrogen) atoms. The number of hydrogen-bond acceptors (Lipinski definition) is 2. The maximum Gasteiger partial charge on any atom is 0.431 e. The largest absolute Gasteiger partial charge is 0.444 e. The lowest BCUT2D eigenvalue weighted by molar-refractivity contribution is -0.140. The molecule has 0 fully saturated rings. The van der Waals surface area contributed by atoms with E-state index in [1.54, 1.807) is 20.8 Å². The van der Waals surface area contributed by atoms with Gasteiger partial charge in [-0.15, -0.1) is 0 Å². The minimum Gasteiger partial charge on any atom is -0.444 e. The van der Waals surface area contributed by atoms with E-state index in [0.29, 0.717) is 0 Å². The van der Waals surface area contributed by atoms with Crippen LogP contribution < -0.4 is 5.32 Å².